The molecule has 1 atom stereocenters. The molecule has 2 aliphatic heterocycles. The van der Waals surface area contributed by atoms with Gasteiger partial charge in [0.15, 0.2) is 5.78 Å². The molecule has 9 heteroatoms. The third-order valence-electron chi connectivity index (χ3n) is 6.55. The van der Waals surface area contributed by atoms with Crippen molar-refractivity contribution in [1.82, 2.24) is 9.13 Å². The molecule has 2 aromatic carbocycles. The minimum absolute atomic E-state index is 0.0522. The highest BCUT2D eigenvalue weighted by Gasteiger charge is 2.61. The first-order chi connectivity index (χ1) is 15.3. The number of carbonyl (C=O) groups excluding carboxylic acids is 2. The van der Waals surface area contributed by atoms with Crippen molar-refractivity contribution in [2.75, 3.05) is 10.6 Å². The molecule has 3 aliphatic rings. The van der Waals surface area contributed by atoms with Crippen LogP contribution in [0.5, 0.6) is 0 Å². The fraction of sp³-hybridized carbons (Fsp3) is 0.130. The summed E-state index contributed by atoms with van der Waals surface area (Å²) in [5.74, 6) is -0.630. The molecule has 1 spiro atoms. The number of Topliss-reactive ketones (excluding diaryl/α,β-unsaturated/α-hetero) is 1. The summed E-state index contributed by atoms with van der Waals surface area (Å²) in [5, 5.41) is 6.01. The molecule has 32 heavy (non-hydrogen) atoms. The van der Waals surface area contributed by atoms with Gasteiger partial charge in [-0.3, -0.25) is 23.5 Å². The fourth-order valence-corrected chi connectivity index (χ4v) is 5.47. The van der Waals surface area contributed by atoms with E-state index in [2.05, 4.69) is 26.6 Å². The Morgan fingerprint density at radius 3 is 2.38 bits per heavy atom. The summed E-state index contributed by atoms with van der Waals surface area (Å²) in [6, 6.07) is 12.3. The van der Waals surface area contributed by atoms with Crippen molar-refractivity contribution in [3.05, 3.63) is 95.6 Å². The lowest BCUT2D eigenvalue weighted by Crippen LogP contribution is -2.52. The molecule has 0 radical (unpaired) electrons. The number of hydrogen-bond acceptors (Lipinski definition) is 5. The minimum atomic E-state index is -1.70. The molecule has 0 saturated carbocycles. The molecular formula is C23H15BrN4O4. The van der Waals surface area contributed by atoms with Crippen LogP contribution in [0.25, 0.3) is 5.70 Å². The van der Waals surface area contributed by atoms with Gasteiger partial charge in [0.1, 0.15) is 11.2 Å². The smallest absolute Gasteiger partial charge is 0.332 e. The van der Waals surface area contributed by atoms with Crippen molar-refractivity contribution >= 4 is 44.8 Å². The van der Waals surface area contributed by atoms with Crippen LogP contribution < -0.4 is 21.9 Å². The lowest BCUT2D eigenvalue weighted by molar-refractivity contribution is -0.118. The van der Waals surface area contributed by atoms with Crippen molar-refractivity contribution in [2.24, 2.45) is 14.1 Å². The highest BCUT2D eigenvalue weighted by molar-refractivity contribution is 9.10. The Kier molecular flexibility index (Phi) is 3.53. The first-order valence-electron chi connectivity index (χ1n) is 9.86. The average Bonchev–Trinajstić information content (AvgIpc) is 3.23. The van der Waals surface area contributed by atoms with Crippen LogP contribution in [0, 0.1) is 0 Å². The zero-order chi connectivity index (χ0) is 22.5. The van der Waals surface area contributed by atoms with E-state index in [1.165, 1.54) is 18.7 Å². The zero-order valence-electron chi connectivity index (χ0n) is 16.9. The van der Waals surface area contributed by atoms with Crippen LogP contribution >= 0.6 is 15.9 Å². The lowest BCUT2D eigenvalue weighted by atomic mass is 9.67. The van der Waals surface area contributed by atoms with Crippen LogP contribution in [0.2, 0.25) is 0 Å². The molecule has 0 saturated heterocycles. The number of aromatic nitrogens is 2. The first kappa shape index (κ1) is 19.0. The number of carbonyl (C=O) groups is 2. The maximum Gasteiger partial charge on any atom is 0.332 e. The van der Waals surface area contributed by atoms with Gasteiger partial charge in [0, 0.05) is 46.5 Å². The van der Waals surface area contributed by atoms with Gasteiger partial charge in [-0.1, -0.05) is 40.2 Å². The van der Waals surface area contributed by atoms with Crippen molar-refractivity contribution in [2.45, 2.75) is 5.41 Å². The number of amides is 1. The summed E-state index contributed by atoms with van der Waals surface area (Å²) in [7, 11) is 2.90. The second-order valence-electron chi connectivity index (χ2n) is 8.07. The highest BCUT2D eigenvalue weighted by Crippen LogP contribution is 2.56. The van der Waals surface area contributed by atoms with Gasteiger partial charge < -0.3 is 10.6 Å². The molecule has 2 N–H and O–H groups in total. The number of halogens is 1. The number of anilines is 2. The van der Waals surface area contributed by atoms with E-state index >= 15 is 0 Å². The molecule has 6 rings (SSSR count). The van der Waals surface area contributed by atoms with Crippen molar-refractivity contribution in [3.63, 3.8) is 0 Å². The maximum atomic E-state index is 13.8. The molecule has 1 aromatic heterocycles. The molecule has 158 valence electrons. The lowest BCUT2D eigenvalue weighted by Gasteiger charge is -2.36. The van der Waals surface area contributed by atoms with Gasteiger partial charge >= 0.3 is 5.69 Å². The summed E-state index contributed by atoms with van der Waals surface area (Å²) >= 11 is 3.46. The largest absolute Gasteiger partial charge is 0.340 e. The Morgan fingerprint density at radius 1 is 0.906 bits per heavy atom. The molecule has 0 fully saturated rings. The summed E-state index contributed by atoms with van der Waals surface area (Å²) in [4.78, 5) is 53.8. The van der Waals surface area contributed by atoms with Crippen LogP contribution in [0.15, 0.2) is 62.1 Å². The van der Waals surface area contributed by atoms with Gasteiger partial charge in [0.05, 0.1) is 11.3 Å². The maximum absolute atomic E-state index is 13.8. The SMILES string of the molecule is Cn1c2c(c(=O)n(C)c1=O)C1(C(=O)Nc3ccc(Br)cc31)C1=C(N2)c2ccccc2C1=O. The number of benzene rings is 2. The van der Waals surface area contributed by atoms with Crippen LogP contribution in [0.4, 0.5) is 11.5 Å². The zero-order valence-corrected chi connectivity index (χ0v) is 18.5. The average molecular weight is 491 g/mol. The van der Waals surface area contributed by atoms with Crippen LogP contribution in [-0.2, 0) is 24.3 Å². The van der Waals surface area contributed by atoms with E-state index < -0.39 is 22.6 Å². The van der Waals surface area contributed by atoms with E-state index in [9.17, 15) is 19.2 Å². The van der Waals surface area contributed by atoms with E-state index in [0.717, 1.165) is 4.57 Å². The molecule has 1 aliphatic carbocycles. The van der Waals surface area contributed by atoms with Gasteiger partial charge in [-0.15, -0.1) is 0 Å². The predicted octanol–water partition coefficient (Wildman–Crippen LogP) is 2.12. The summed E-state index contributed by atoms with van der Waals surface area (Å²) < 4.78 is 2.96. The monoisotopic (exact) mass is 490 g/mol. The van der Waals surface area contributed by atoms with Gasteiger partial charge in [-0.2, -0.15) is 0 Å². The third-order valence-corrected chi connectivity index (χ3v) is 7.04. The topological polar surface area (TPSA) is 102 Å². The van der Waals surface area contributed by atoms with Crippen LogP contribution in [0.1, 0.15) is 27.0 Å². The third kappa shape index (κ3) is 1.97. The Morgan fingerprint density at radius 2 is 1.62 bits per heavy atom. The summed E-state index contributed by atoms with van der Waals surface area (Å²) in [5.41, 5.74) is -0.124. The van der Waals surface area contributed by atoms with Crippen molar-refractivity contribution in [3.8, 4) is 0 Å². The molecule has 0 bridgehead atoms. The van der Waals surface area contributed by atoms with Crippen molar-refractivity contribution < 1.29 is 9.59 Å². The van der Waals surface area contributed by atoms with Crippen LogP contribution in [0.3, 0.4) is 0 Å². The molecule has 1 amide bonds. The Hall–Kier alpha value is -3.72. The summed E-state index contributed by atoms with van der Waals surface area (Å²) in [6.45, 7) is 0. The van der Waals surface area contributed by atoms with Gasteiger partial charge in [0.2, 0.25) is 5.91 Å². The number of ketones is 1. The number of rotatable bonds is 0. The fourth-order valence-electron chi connectivity index (χ4n) is 5.11. The van der Waals surface area contributed by atoms with E-state index in [0.29, 0.717) is 32.5 Å². The Bertz CT molecular complexity index is 1600. The number of nitrogens with one attached hydrogen (secondary N) is 2. The Balaban J connectivity index is 1.86. The minimum Gasteiger partial charge on any atom is -0.340 e. The molecular weight excluding hydrogens is 476 g/mol. The van der Waals surface area contributed by atoms with E-state index in [1.54, 1.807) is 42.5 Å². The highest BCUT2D eigenvalue weighted by atomic mass is 79.9. The molecule has 3 heterocycles. The standard InChI is InChI=1S/C23H15BrN4O4/c1-27-19-16(20(30)28(2)22(27)32)23(13-9-10(24)7-8-14(13)25-21(23)31)15-17(26-19)11-5-3-4-6-12(11)18(15)29/h3-9,26H,1-2H3,(H,25,31). The molecule has 1 unspecified atom stereocenters. The van der Waals surface area contributed by atoms with Crippen LogP contribution in [-0.4, -0.2) is 20.8 Å². The number of fused-ring (bicyclic) bond motifs is 7. The second-order valence-corrected chi connectivity index (χ2v) is 8.99. The first-order valence-corrected chi connectivity index (χ1v) is 10.7. The summed E-state index contributed by atoms with van der Waals surface area (Å²) in [6.07, 6.45) is 0. The van der Waals surface area contributed by atoms with Gasteiger partial charge in [-0.25, -0.2) is 4.79 Å². The van der Waals surface area contributed by atoms with E-state index in [4.69, 9.17) is 0 Å². The Labute approximate surface area is 189 Å². The molecule has 3 aromatic rings. The number of hydrogen-bond donors (Lipinski definition) is 2. The van der Waals surface area contributed by atoms with Gasteiger partial charge in [-0.05, 0) is 18.2 Å². The normalized spacial score (nSPS) is 20.0. The quantitative estimate of drug-likeness (QED) is 0.502. The predicted molar refractivity (Wildman–Crippen MR) is 122 cm³/mol. The van der Waals surface area contributed by atoms with E-state index in [1.807, 2.05) is 0 Å². The van der Waals surface area contributed by atoms with E-state index in [-0.39, 0.29) is 22.7 Å². The number of nitrogens with zero attached hydrogens (tertiary/aromatic N) is 2. The van der Waals surface area contributed by atoms with Crippen molar-refractivity contribution in [1.29, 1.82) is 0 Å². The molecule has 8 nitrogen and oxygen atoms in total. The second kappa shape index (κ2) is 5.95. The van der Waals surface area contributed by atoms with Gasteiger partial charge in [0.25, 0.3) is 5.56 Å².